The van der Waals surface area contributed by atoms with E-state index in [-0.39, 0.29) is 5.54 Å². The third kappa shape index (κ3) is 4.00. The van der Waals surface area contributed by atoms with Gasteiger partial charge < -0.3 is 5.32 Å². The summed E-state index contributed by atoms with van der Waals surface area (Å²) < 4.78 is 0. The Morgan fingerprint density at radius 2 is 2.00 bits per heavy atom. The SMILES string of the molecule is CCCCc1ccc(NC2=NC(C)(CC)CS2)cc1. The van der Waals surface area contributed by atoms with Crippen LogP contribution in [0.5, 0.6) is 0 Å². The number of amidine groups is 1. The molecule has 0 saturated heterocycles. The van der Waals surface area contributed by atoms with E-state index in [1.54, 1.807) is 0 Å². The predicted octanol–water partition coefficient (Wildman–Crippen LogP) is 4.71. The lowest BCUT2D eigenvalue weighted by Crippen LogP contribution is -2.20. The van der Waals surface area contributed by atoms with Gasteiger partial charge in [-0.3, -0.25) is 4.99 Å². The van der Waals surface area contributed by atoms with Gasteiger partial charge in [0.2, 0.25) is 0 Å². The van der Waals surface area contributed by atoms with Crippen molar-refractivity contribution < 1.29 is 0 Å². The average molecular weight is 276 g/mol. The van der Waals surface area contributed by atoms with Crippen molar-refractivity contribution in [1.82, 2.24) is 0 Å². The Morgan fingerprint density at radius 3 is 2.58 bits per heavy atom. The van der Waals surface area contributed by atoms with Crippen molar-refractivity contribution in [2.24, 2.45) is 4.99 Å². The van der Waals surface area contributed by atoms with Crippen molar-refractivity contribution in [3.63, 3.8) is 0 Å². The molecule has 19 heavy (non-hydrogen) atoms. The second-order valence-electron chi connectivity index (χ2n) is 5.48. The molecule has 0 spiro atoms. The molecule has 0 aromatic heterocycles. The van der Waals surface area contributed by atoms with E-state index in [1.807, 2.05) is 11.8 Å². The number of rotatable bonds is 5. The predicted molar refractivity (Wildman–Crippen MR) is 87.3 cm³/mol. The fourth-order valence-corrected chi connectivity index (χ4v) is 3.23. The zero-order chi connectivity index (χ0) is 13.7. The summed E-state index contributed by atoms with van der Waals surface area (Å²) in [5.41, 5.74) is 2.69. The van der Waals surface area contributed by atoms with E-state index in [0.717, 1.165) is 23.0 Å². The third-order valence-electron chi connectivity index (χ3n) is 3.68. The first kappa shape index (κ1) is 14.4. The number of aliphatic imine (C=N–C) groups is 1. The second kappa shape index (κ2) is 6.47. The van der Waals surface area contributed by atoms with Gasteiger partial charge in [0.25, 0.3) is 0 Å². The number of nitrogens with zero attached hydrogens (tertiary/aromatic N) is 1. The molecule has 1 heterocycles. The van der Waals surface area contributed by atoms with Crippen LogP contribution in [-0.2, 0) is 6.42 Å². The number of benzene rings is 1. The zero-order valence-electron chi connectivity index (χ0n) is 12.2. The minimum absolute atomic E-state index is 0.119. The smallest absolute Gasteiger partial charge is 0.161 e. The van der Waals surface area contributed by atoms with Gasteiger partial charge >= 0.3 is 0 Å². The highest BCUT2D eigenvalue weighted by molar-refractivity contribution is 8.14. The molecule has 0 bridgehead atoms. The Labute approximate surface area is 121 Å². The standard InChI is InChI=1S/C16H24N2S/c1-4-6-7-13-8-10-14(11-9-13)17-15-18-16(3,5-2)12-19-15/h8-11H,4-7,12H2,1-3H3,(H,17,18). The van der Waals surface area contributed by atoms with Crippen LogP contribution in [0.1, 0.15) is 45.6 Å². The molecule has 1 unspecified atom stereocenters. The zero-order valence-corrected chi connectivity index (χ0v) is 13.0. The molecule has 2 rings (SSSR count). The van der Waals surface area contributed by atoms with Gasteiger partial charge in [0.05, 0.1) is 5.54 Å². The first-order valence-electron chi connectivity index (χ1n) is 7.24. The van der Waals surface area contributed by atoms with Crippen molar-refractivity contribution in [3.8, 4) is 0 Å². The summed E-state index contributed by atoms with van der Waals surface area (Å²) in [4.78, 5) is 4.77. The van der Waals surface area contributed by atoms with Gasteiger partial charge in [-0.1, -0.05) is 44.2 Å². The van der Waals surface area contributed by atoms with Crippen LogP contribution in [0.2, 0.25) is 0 Å². The van der Waals surface area contributed by atoms with Gasteiger partial charge in [-0.05, 0) is 43.9 Å². The van der Waals surface area contributed by atoms with E-state index in [2.05, 4.69) is 50.4 Å². The summed E-state index contributed by atoms with van der Waals surface area (Å²) in [7, 11) is 0. The minimum atomic E-state index is 0.119. The number of hydrogen-bond acceptors (Lipinski definition) is 3. The Hall–Kier alpha value is -0.960. The topological polar surface area (TPSA) is 24.4 Å². The van der Waals surface area contributed by atoms with Gasteiger partial charge in [0.15, 0.2) is 5.17 Å². The van der Waals surface area contributed by atoms with Crippen LogP contribution in [0.25, 0.3) is 0 Å². The van der Waals surface area contributed by atoms with Gasteiger partial charge in [-0.2, -0.15) is 0 Å². The Bertz CT molecular complexity index is 439. The van der Waals surface area contributed by atoms with E-state index < -0.39 is 0 Å². The van der Waals surface area contributed by atoms with Gasteiger partial charge in [-0.15, -0.1) is 0 Å². The summed E-state index contributed by atoms with van der Waals surface area (Å²) in [5, 5.41) is 4.49. The molecule has 1 aliphatic rings. The molecule has 0 amide bonds. The van der Waals surface area contributed by atoms with Gasteiger partial charge in [0.1, 0.15) is 0 Å². The monoisotopic (exact) mass is 276 g/mol. The van der Waals surface area contributed by atoms with Crippen molar-refractivity contribution in [2.75, 3.05) is 11.1 Å². The van der Waals surface area contributed by atoms with E-state index in [9.17, 15) is 0 Å². The first-order chi connectivity index (χ1) is 9.15. The number of anilines is 1. The molecule has 1 aliphatic heterocycles. The van der Waals surface area contributed by atoms with Crippen LogP contribution in [0.15, 0.2) is 29.3 Å². The van der Waals surface area contributed by atoms with Crippen molar-refractivity contribution in [2.45, 2.75) is 52.0 Å². The lowest BCUT2D eigenvalue weighted by Gasteiger charge is -2.15. The van der Waals surface area contributed by atoms with Gasteiger partial charge in [-0.25, -0.2) is 0 Å². The maximum atomic E-state index is 4.77. The molecule has 1 aromatic carbocycles. The molecule has 0 aliphatic carbocycles. The number of nitrogens with one attached hydrogen (secondary N) is 1. The molecule has 0 fully saturated rings. The van der Waals surface area contributed by atoms with Crippen LogP contribution in [0.3, 0.4) is 0 Å². The summed E-state index contributed by atoms with van der Waals surface area (Å²) in [6, 6.07) is 8.76. The highest BCUT2D eigenvalue weighted by atomic mass is 32.2. The molecule has 1 aromatic rings. The van der Waals surface area contributed by atoms with Crippen molar-refractivity contribution in [3.05, 3.63) is 29.8 Å². The normalized spacial score (nSPS) is 22.4. The van der Waals surface area contributed by atoms with E-state index in [0.29, 0.717) is 0 Å². The molecule has 104 valence electrons. The minimum Gasteiger partial charge on any atom is -0.335 e. The molecule has 1 atom stereocenters. The van der Waals surface area contributed by atoms with Crippen LogP contribution in [0, 0.1) is 0 Å². The third-order valence-corrected chi connectivity index (χ3v) is 4.91. The highest BCUT2D eigenvalue weighted by Gasteiger charge is 2.28. The molecule has 0 radical (unpaired) electrons. The van der Waals surface area contributed by atoms with Crippen LogP contribution in [0.4, 0.5) is 5.69 Å². The maximum absolute atomic E-state index is 4.77. The fourth-order valence-electron chi connectivity index (χ4n) is 2.04. The molecular formula is C16H24N2S. The van der Waals surface area contributed by atoms with Crippen LogP contribution < -0.4 is 5.32 Å². The molecule has 0 saturated carbocycles. The largest absolute Gasteiger partial charge is 0.335 e. The Kier molecular flexibility index (Phi) is 4.92. The first-order valence-corrected chi connectivity index (χ1v) is 8.22. The number of aryl methyl sites for hydroxylation is 1. The quantitative estimate of drug-likeness (QED) is 0.842. The number of unbranched alkanes of at least 4 members (excludes halogenated alkanes) is 1. The van der Waals surface area contributed by atoms with Crippen LogP contribution in [-0.4, -0.2) is 16.5 Å². The summed E-state index contributed by atoms with van der Waals surface area (Å²) in [6.45, 7) is 6.66. The van der Waals surface area contributed by atoms with E-state index in [1.165, 1.54) is 24.8 Å². The molecule has 1 N–H and O–H groups in total. The molecule has 3 heteroatoms. The second-order valence-corrected chi connectivity index (χ2v) is 6.45. The highest BCUT2D eigenvalue weighted by Crippen LogP contribution is 2.30. The Morgan fingerprint density at radius 1 is 1.26 bits per heavy atom. The lowest BCUT2D eigenvalue weighted by molar-refractivity contribution is 0.523. The van der Waals surface area contributed by atoms with Gasteiger partial charge in [0, 0.05) is 11.4 Å². The van der Waals surface area contributed by atoms with E-state index >= 15 is 0 Å². The Balaban J connectivity index is 1.95. The number of hydrogen-bond donors (Lipinski definition) is 1. The lowest BCUT2D eigenvalue weighted by atomic mass is 10.0. The number of thioether (sulfide) groups is 1. The summed E-state index contributed by atoms with van der Waals surface area (Å²) in [6.07, 6.45) is 4.80. The fraction of sp³-hybridized carbons (Fsp3) is 0.562. The molecule has 2 nitrogen and oxygen atoms in total. The van der Waals surface area contributed by atoms with Crippen molar-refractivity contribution in [1.29, 1.82) is 0 Å². The summed E-state index contributed by atoms with van der Waals surface area (Å²) >= 11 is 1.83. The van der Waals surface area contributed by atoms with Crippen molar-refractivity contribution >= 4 is 22.6 Å². The summed E-state index contributed by atoms with van der Waals surface area (Å²) in [5.74, 6) is 1.08. The van der Waals surface area contributed by atoms with E-state index in [4.69, 9.17) is 4.99 Å². The average Bonchev–Trinajstić information content (AvgIpc) is 2.80. The maximum Gasteiger partial charge on any atom is 0.161 e. The molecular weight excluding hydrogens is 252 g/mol. The van der Waals surface area contributed by atoms with Crippen LogP contribution >= 0.6 is 11.8 Å².